The predicted octanol–water partition coefficient (Wildman–Crippen LogP) is -1.58. The van der Waals surface area contributed by atoms with E-state index in [0.29, 0.717) is 4.90 Å². The lowest BCUT2D eigenvalue weighted by Gasteiger charge is -2.09. The Hall–Kier alpha value is -1.59. The minimum atomic E-state index is -1.63. The van der Waals surface area contributed by atoms with Gasteiger partial charge in [-0.05, 0) is 0 Å². The fourth-order valence-electron chi connectivity index (χ4n) is 0.253. The van der Waals surface area contributed by atoms with Crippen LogP contribution in [0.3, 0.4) is 0 Å². The molecule has 56 valence electrons. The Balaban J connectivity index is 4.22. The number of carboxylic acids is 1. The molecular formula is C4H7N3O3. The minimum Gasteiger partial charge on any atom is -0.474 e. The van der Waals surface area contributed by atoms with Crippen molar-refractivity contribution in [2.75, 3.05) is 7.05 Å². The zero-order valence-corrected chi connectivity index (χ0v) is 5.29. The highest BCUT2D eigenvalue weighted by Gasteiger charge is 2.18. The zero-order valence-electron chi connectivity index (χ0n) is 5.29. The summed E-state index contributed by atoms with van der Waals surface area (Å²) < 4.78 is 0. The van der Waals surface area contributed by atoms with Crippen LogP contribution in [0, 0.1) is 5.41 Å². The summed E-state index contributed by atoms with van der Waals surface area (Å²) in [5.74, 6) is -3.43. The van der Waals surface area contributed by atoms with Gasteiger partial charge in [-0.25, -0.2) is 4.79 Å². The third-order valence-corrected chi connectivity index (χ3v) is 0.849. The molecule has 6 nitrogen and oxygen atoms in total. The number of aliphatic carboxylic acids is 1. The summed E-state index contributed by atoms with van der Waals surface area (Å²) in [6.07, 6.45) is 0. The first-order chi connectivity index (χ1) is 4.46. The molecule has 0 heterocycles. The molecule has 6 heteroatoms. The normalized spacial score (nSPS) is 8.50. The predicted molar refractivity (Wildman–Crippen MR) is 32.3 cm³/mol. The molecule has 0 radical (unpaired) electrons. The first-order valence-electron chi connectivity index (χ1n) is 2.31. The molecule has 10 heavy (non-hydrogen) atoms. The van der Waals surface area contributed by atoms with Gasteiger partial charge >= 0.3 is 11.9 Å². The lowest BCUT2D eigenvalue weighted by Crippen LogP contribution is -2.41. The zero-order chi connectivity index (χ0) is 8.31. The molecule has 1 amide bonds. The monoisotopic (exact) mass is 145 g/mol. The van der Waals surface area contributed by atoms with Gasteiger partial charge in [0.05, 0.1) is 0 Å². The van der Waals surface area contributed by atoms with Crippen LogP contribution < -0.4 is 5.73 Å². The van der Waals surface area contributed by atoms with Gasteiger partial charge in [0.2, 0.25) is 0 Å². The van der Waals surface area contributed by atoms with Gasteiger partial charge < -0.3 is 10.8 Å². The van der Waals surface area contributed by atoms with Crippen molar-refractivity contribution in [1.29, 1.82) is 5.41 Å². The average Bonchev–Trinajstić information content (AvgIpc) is 1.84. The summed E-state index contributed by atoms with van der Waals surface area (Å²) in [6.45, 7) is 0. The number of nitrogens with two attached hydrogens (primary N) is 1. The fourth-order valence-corrected chi connectivity index (χ4v) is 0.253. The second-order valence-electron chi connectivity index (χ2n) is 1.55. The van der Waals surface area contributed by atoms with Gasteiger partial charge in [0.15, 0.2) is 5.96 Å². The second-order valence-corrected chi connectivity index (χ2v) is 1.55. The van der Waals surface area contributed by atoms with Crippen molar-refractivity contribution in [2.45, 2.75) is 0 Å². The molecular weight excluding hydrogens is 138 g/mol. The molecule has 0 aromatic heterocycles. The Morgan fingerprint density at radius 1 is 1.60 bits per heavy atom. The van der Waals surface area contributed by atoms with Crippen molar-refractivity contribution in [2.24, 2.45) is 5.73 Å². The molecule has 0 aromatic rings. The Bertz CT molecular complexity index is 188. The SMILES string of the molecule is CN(C(=N)N)C(=O)C(=O)O. The van der Waals surface area contributed by atoms with E-state index in [1.807, 2.05) is 0 Å². The van der Waals surface area contributed by atoms with Gasteiger partial charge in [0.25, 0.3) is 0 Å². The molecule has 0 rings (SSSR count). The van der Waals surface area contributed by atoms with E-state index < -0.39 is 17.8 Å². The molecule has 0 bridgehead atoms. The van der Waals surface area contributed by atoms with E-state index in [2.05, 4.69) is 0 Å². The van der Waals surface area contributed by atoms with Crippen LogP contribution in [0.1, 0.15) is 0 Å². The van der Waals surface area contributed by atoms with Crippen molar-refractivity contribution in [3.8, 4) is 0 Å². The molecule has 4 N–H and O–H groups in total. The maximum absolute atomic E-state index is 10.4. The smallest absolute Gasteiger partial charge is 0.395 e. The van der Waals surface area contributed by atoms with Crippen LogP contribution in [0.4, 0.5) is 0 Å². The maximum atomic E-state index is 10.4. The topological polar surface area (TPSA) is 107 Å². The Kier molecular flexibility index (Phi) is 2.36. The van der Waals surface area contributed by atoms with Crippen LogP contribution >= 0.6 is 0 Å². The largest absolute Gasteiger partial charge is 0.474 e. The van der Waals surface area contributed by atoms with Gasteiger partial charge in [0.1, 0.15) is 0 Å². The Morgan fingerprint density at radius 2 is 2.00 bits per heavy atom. The molecule has 0 atom stereocenters. The standard InChI is InChI=1S/C4H7N3O3/c1-7(4(5)6)2(8)3(9)10/h1H3,(H3,5,6)(H,9,10). The summed E-state index contributed by atoms with van der Waals surface area (Å²) in [6, 6.07) is 0. The summed E-state index contributed by atoms with van der Waals surface area (Å²) in [4.78, 5) is 20.8. The summed E-state index contributed by atoms with van der Waals surface area (Å²) in [5, 5.41) is 14.7. The van der Waals surface area contributed by atoms with Crippen LogP contribution in [-0.4, -0.2) is 34.9 Å². The highest BCUT2D eigenvalue weighted by atomic mass is 16.4. The highest BCUT2D eigenvalue weighted by molar-refractivity contribution is 6.34. The second kappa shape index (κ2) is 2.81. The number of nitrogens with one attached hydrogen (secondary N) is 1. The molecule has 0 saturated heterocycles. The van der Waals surface area contributed by atoms with Gasteiger partial charge in [-0.2, -0.15) is 0 Å². The lowest BCUT2D eigenvalue weighted by atomic mass is 10.5. The summed E-state index contributed by atoms with van der Waals surface area (Å²) >= 11 is 0. The number of amides is 1. The maximum Gasteiger partial charge on any atom is 0.395 e. The molecule has 0 fully saturated rings. The van der Waals surface area contributed by atoms with Crippen molar-refractivity contribution >= 4 is 17.8 Å². The Labute approximate surface area is 56.7 Å². The van der Waals surface area contributed by atoms with Crippen LogP contribution in [0.5, 0.6) is 0 Å². The molecule has 0 unspecified atom stereocenters. The number of carbonyl (C=O) groups is 2. The fraction of sp³-hybridized carbons (Fsp3) is 0.250. The number of guanidine groups is 1. The first-order valence-corrected chi connectivity index (χ1v) is 2.31. The molecule has 0 aliphatic carbocycles. The van der Waals surface area contributed by atoms with Crippen molar-refractivity contribution in [1.82, 2.24) is 4.90 Å². The highest BCUT2D eigenvalue weighted by Crippen LogP contribution is 1.81. The van der Waals surface area contributed by atoms with E-state index in [4.69, 9.17) is 16.2 Å². The van der Waals surface area contributed by atoms with E-state index >= 15 is 0 Å². The number of carbonyl (C=O) groups excluding carboxylic acids is 1. The number of hydrogen-bond donors (Lipinski definition) is 3. The number of hydrogen-bond acceptors (Lipinski definition) is 3. The van der Waals surface area contributed by atoms with E-state index in [1.165, 1.54) is 0 Å². The lowest BCUT2D eigenvalue weighted by molar-refractivity contribution is -0.153. The van der Waals surface area contributed by atoms with Gasteiger partial charge in [-0.3, -0.25) is 15.1 Å². The van der Waals surface area contributed by atoms with Crippen molar-refractivity contribution in [3.63, 3.8) is 0 Å². The third kappa shape index (κ3) is 1.73. The average molecular weight is 145 g/mol. The van der Waals surface area contributed by atoms with Gasteiger partial charge in [0, 0.05) is 7.05 Å². The van der Waals surface area contributed by atoms with Crippen molar-refractivity contribution in [3.05, 3.63) is 0 Å². The van der Waals surface area contributed by atoms with Gasteiger partial charge in [-0.15, -0.1) is 0 Å². The van der Waals surface area contributed by atoms with E-state index in [9.17, 15) is 9.59 Å². The van der Waals surface area contributed by atoms with E-state index in [1.54, 1.807) is 0 Å². The third-order valence-electron chi connectivity index (χ3n) is 0.849. The summed E-state index contributed by atoms with van der Waals surface area (Å²) in [5.41, 5.74) is 4.80. The minimum absolute atomic E-state index is 0.530. The van der Waals surface area contributed by atoms with Crippen LogP contribution in [-0.2, 0) is 9.59 Å². The summed E-state index contributed by atoms with van der Waals surface area (Å²) in [7, 11) is 1.11. The van der Waals surface area contributed by atoms with Crippen LogP contribution in [0.15, 0.2) is 0 Å². The van der Waals surface area contributed by atoms with Crippen LogP contribution in [0.25, 0.3) is 0 Å². The number of likely N-dealkylation sites (N-methyl/N-ethyl adjacent to an activating group) is 1. The molecule has 0 saturated carbocycles. The molecule has 0 spiro atoms. The number of nitrogens with zero attached hydrogens (tertiary/aromatic N) is 1. The molecule has 0 aromatic carbocycles. The number of rotatable bonds is 0. The van der Waals surface area contributed by atoms with E-state index in [0.717, 1.165) is 7.05 Å². The van der Waals surface area contributed by atoms with Crippen LogP contribution in [0.2, 0.25) is 0 Å². The Morgan fingerprint density at radius 3 is 2.10 bits per heavy atom. The quantitative estimate of drug-likeness (QED) is 0.217. The molecule has 0 aliphatic rings. The van der Waals surface area contributed by atoms with Crippen molar-refractivity contribution < 1.29 is 14.7 Å². The van der Waals surface area contributed by atoms with Gasteiger partial charge in [-0.1, -0.05) is 0 Å². The number of carboxylic acid groups (broad SMARTS) is 1. The first kappa shape index (κ1) is 8.41. The molecule has 0 aliphatic heterocycles. The van der Waals surface area contributed by atoms with E-state index in [-0.39, 0.29) is 0 Å².